The molecule has 0 fully saturated rings. The monoisotopic (exact) mass is 1020 g/mol. The van der Waals surface area contributed by atoms with Gasteiger partial charge in [-0.1, -0.05) is 249 Å². The van der Waals surface area contributed by atoms with Crippen molar-refractivity contribution in [1.29, 1.82) is 0 Å². The molecule has 0 aliphatic heterocycles. The van der Waals surface area contributed by atoms with E-state index in [2.05, 4.69) is 62.5 Å². The average molecular weight is 1020 g/mol. The number of hydrogen-bond donors (Lipinski definition) is 0. The van der Waals surface area contributed by atoms with Crippen LogP contribution in [0.4, 0.5) is 0 Å². The fourth-order valence-corrected chi connectivity index (χ4v) is 9.40. The first-order valence-corrected chi connectivity index (χ1v) is 31.8. The Hall–Kier alpha value is -1.54. The van der Waals surface area contributed by atoms with E-state index in [1.54, 1.807) is 0 Å². The molecule has 0 aromatic heterocycles. The third kappa shape index (κ3) is 59.2. The first-order valence-electron chi connectivity index (χ1n) is 30.4. The first kappa shape index (κ1) is 69.5. The molecule has 0 saturated heterocycles. The van der Waals surface area contributed by atoms with Crippen molar-refractivity contribution < 1.29 is 37.3 Å². The Morgan fingerprint density at radius 2 is 0.775 bits per heavy atom. The van der Waals surface area contributed by atoms with Crippen LogP contribution in [-0.2, 0) is 27.9 Å². The van der Waals surface area contributed by atoms with E-state index in [1.807, 2.05) is 21.1 Å². The minimum Gasteiger partial charge on any atom is -0.756 e. The summed E-state index contributed by atoms with van der Waals surface area (Å²) >= 11 is 0. The summed E-state index contributed by atoms with van der Waals surface area (Å²) in [7, 11) is 1.36. The maximum atomic E-state index is 12.8. The summed E-state index contributed by atoms with van der Waals surface area (Å²) in [5.74, 6) is -0.332. The molecular formula is C62H118NO7P. The summed E-state index contributed by atoms with van der Waals surface area (Å²) in [6.45, 7) is 5.43. The molecule has 9 heteroatoms. The molecule has 0 radical (unpaired) electrons. The van der Waals surface area contributed by atoms with Crippen LogP contribution in [0.2, 0.25) is 0 Å². The minimum absolute atomic E-state index is 0.0248. The van der Waals surface area contributed by atoms with E-state index in [4.69, 9.17) is 18.5 Å². The lowest BCUT2D eigenvalue weighted by atomic mass is 10.0. The molecule has 0 bridgehead atoms. The second-order valence-corrected chi connectivity index (χ2v) is 23.1. The van der Waals surface area contributed by atoms with Gasteiger partial charge in [0.15, 0.2) is 0 Å². The molecule has 0 aliphatic rings. The second-order valence-electron chi connectivity index (χ2n) is 21.7. The smallest absolute Gasteiger partial charge is 0.306 e. The maximum Gasteiger partial charge on any atom is 0.306 e. The summed E-state index contributed by atoms with van der Waals surface area (Å²) in [5.41, 5.74) is 0. The Kier molecular flexibility index (Phi) is 53.5. The number of quaternary nitrogens is 1. The number of carbonyl (C=O) groups is 1. The Morgan fingerprint density at radius 1 is 0.437 bits per heavy atom. The molecule has 0 aromatic rings. The van der Waals surface area contributed by atoms with Gasteiger partial charge >= 0.3 is 5.97 Å². The number of phosphoric ester groups is 1. The summed E-state index contributed by atoms with van der Waals surface area (Å²) < 4.78 is 34.9. The highest BCUT2D eigenvalue weighted by atomic mass is 31.2. The van der Waals surface area contributed by atoms with E-state index >= 15 is 0 Å². The number of nitrogens with zero attached hydrogens (tertiary/aromatic N) is 1. The van der Waals surface area contributed by atoms with Crippen molar-refractivity contribution in [1.82, 2.24) is 0 Å². The third-order valence-corrected chi connectivity index (χ3v) is 14.3. The van der Waals surface area contributed by atoms with Gasteiger partial charge in [0, 0.05) is 13.0 Å². The molecular weight excluding hydrogens is 902 g/mol. The molecule has 8 nitrogen and oxygen atoms in total. The van der Waals surface area contributed by atoms with Crippen LogP contribution in [0.25, 0.3) is 0 Å². The lowest BCUT2D eigenvalue weighted by Crippen LogP contribution is -2.37. The number of ether oxygens (including phenoxy) is 2. The van der Waals surface area contributed by atoms with E-state index in [0.717, 1.165) is 44.9 Å². The lowest BCUT2D eigenvalue weighted by molar-refractivity contribution is -0.870. The summed E-state index contributed by atoms with van der Waals surface area (Å²) in [4.78, 5) is 25.3. The minimum atomic E-state index is -4.54. The number of allylic oxidation sites excluding steroid dienone is 8. The standard InChI is InChI=1S/C62H118NO7P/c1-6-8-10-12-14-16-18-20-22-24-26-28-30-32-33-35-37-39-41-43-45-47-49-51-53-55-62(64)70-61(60-69-71(65,66)68-58-56-63(3,4)5)59-67-57-54-52-50-48-46-44-42-40-38-36-34-31-29-27-25-23-21-19-17-15-13-11-9-7-2/h19,21,24-27,31,34,61H,6-18,20,22-23,28-30,32-33,35-60H2,1-5H3/b21-19-,26-24-,27-25-,34-31-. The fourth-order valence-electron chi connectivity index (χ4n) is 8.67. The van der Waals surface area contributed by atoms with Crippen LogP contribution in [0.3, 0.4) is 0 Å². The predicted molar refractivity (Wildman–Crippen MR) is 305 cm³/mol. The highest BCUT2D eigenvalue weighted by Crippen LogP contribution is 2.38. The Balaban J connectivity index is 4.05. The van der Waals surface area contributed by atoms with Gasteiger partial charge in [-0.2, -0.15) is 0 Å². The zero-order valence-electron chi connectivity index (χ0n) is 47.7. The zero-order valence-corrected chi connectivity index (χ0v) is 48.6. The molecule has 71 heavy (non-hydrogen) atoms. The van der Waals surface area contributed by atoms with Crippen molar-refractivity contribution in [3.63, 3.8) is 0 Å². The number of likely N-dealkylation sites (N-methyl/N-ethyl adjacent to an activating group) is 1. The average Bonchev–Trinajstić information content (AvgIpc) is 3.33. The van der Waals surface area contributed by atoms with E-state index in [1.165, 1.54) is 218 Å². The summed E-state index contributed by atoms with van der Waals surface area (Å²) in [6.07, 6.45) is 70.1. The van der Waals surface area contributed by atoms with Crippen molar-refractivity contribution in [3.05, 3.63) is 48.6 Å². The van der Waals surface area contributed by atoms with Gasteiger partial charge in [0.05, 0.1) is 34.4 Å². The van der Waals surface area contributed by atoms with Gasteiger partial charge < -0.3 is 27.9 Å². The number of esters is 1. The van der Waals surface area contributed by atoms with Crippen LogP contribution in [0, 0.1) is 0 Å². The Bertz CT molecular complexity index is 1280. The molecule has 2 unspecified atom stereocenters. The van der Waals surface area contributed by atoms with Crippen molar-refractivity contribution in [2.45, 2.75) is 290 Å². The predicted octanol–water partition coefficient (Wildman–Crippen LogP) is 18.8. The fraction of sp³-hybridized carbons (Fsp3) is 0.855. The van der Waals surface area contributed by atoms with Crippen LogP contribution in [0.15, 0.2) is 48.6 Å². The van der Waals surface area contributed by atoms with Gasteiger partial charge in [0.2, 0.25) is 0 Å². The van der Waals surface area contributed by atoms with Crippen molar-refractivity contribution in [3.8, 4) is 0 Å². The molecule has 0 aliphatic carbocycles. The van der Waals surface area contributed by atoms with Gasteiger partial charge in [-0.05, 0) is 77.0 Å². The van der Waals surface area contributed by atoms with E-state index in [-0.39, 0.29) is 25.8 Å². The quantitative estimate of drug-likeness (QED) is 0.0197. The van der Waals surface area contributed by atoms with Crippen LogP contribution in [0.1, 0.15) is 284 Å². The van der Waals surface area contributed by atoms with Crippen LogP contribution in [-0.4, -0.2) is 70.7 Å². The molecule has 2 atom stereocenters. The van der Waals surface area contributed by atoms with Gasteiger partial charge in [-0.3, -0.25) is 9.36 Å². The largest absolute Gasteiger partial charge is 0.756 e. The number of carbonyl (C=O) groups excluding carboxylic acids is 1. The van der Waals surface area contributed by atoms with E-state index in [9.17, 15) is 14.3 Å². The Morgan fingerprint density at radius 3 is 1.17 bits per heavy atom. The molecule has 0 amide bonds. The maximum absolute atomic E-state index is 12.8. The van der Waals surface area contributed by atoms with Gasteiger partial charge in [0.25, 0.3) is 7.82 Å². The van der Waals surface area contributed by atoms with Crippen LogP contribution >= 0.6 is 7.82 Å². The van der Waals surface area contributed by atoms with Gasteiger partial charge in [0.1, 0.15) is 19.3 Å². The zero-order chi connectivity index (χ0) is 51.9. The summed E-state index contributed by atoms with van der Waals surface area (Å²) in [5, 5.41) is 0. The molecule has 0 aromatic carbocycles. The van der Waals surface area contributed by atoms with Crippen molar-refractivity contribution >= 4 is 13.8 Å². The molecule has 0 saturated carbocycles. The molecule has 0 rings (SSSR count). The lowest BCUT2D eigenvalue weighted by Gasteiger charge is -2.28. The molecule has 0 spiro atoms. The molecule has 0 heterocycles. The third-order valence-electron chi connectivity index (χ3n) is 13.4. The number of rotatable bonds is 57. The first-order chi connectivity index (χ1) is 34.6. The van der Waals surface area contributed by atoms with Crippen LogP contribution in [0.5, 0.6) is 0 Å². The van der Waals surface area contributed by atoms with E-state index < -0.39 is 13.9 Å². The SMILES string of the molecule is CCCCCCC/C=C\C/C=C\C/C=C\CCCCCCCCCCCOCC(COP(=O)([O-])OCC[N+](C)(C)C)OC(=O)CCCCCCCCCCCCCCC/C=C\CCCCCCCCCC. The summed E-state index contributed by atoms with van der Waals surface area (Å²) in [6, 6.07) is 0. The molecule has 418 valence electrons. The van der Waals surface area contributed by atoms with Crippen molar-refractivity contribution in [2.24, 2.45) is 0 Å². The van der Waals surface area contributed by atoms with Crippen LogP contribution < -0.4 is 4.89 Å². The Labute approximate surface area is 441 Å². The highest BCUT2D eigenvalue weighted by molar-refractivity contribution is 7.45. The second kappa shape index (κ2) is 54.7. The van der Waals surface area contributed by atoms with Gasteiger partial charge in [-0.15, -0.1) is 0 Å². The highest BCUT2D eigenvalue weighted by Gasteiger charge is 2.20. The topological polar surface area (TPSA) is 94.1 Å². The van der Waals surface area contributed by atoms with E-state index in [0.29, 0.717) is 24.1 Å². The number of unbranched alkanes of at least 4 members (excludes halogenated alkanes) is 35. The van der Waals surface area contributed by atoms with Gasteiger partial charge in [-0.25, -0.2) is 0 Å². The molecule has 0 N–H and O–H groups in total. The normalized spacial score (nSPS) is 13.7. The number of hydrogen-bond acceptors (Lipinski definition) is 7. The van der Waals surface area contributed by atoms with Crippen molar-refractivity contribution in [2.75, 3.05) is 54.1 Å². The number of phosphoric acid groups is 1.